The van der Waals surface area contributed by atoms with Crippen molar-refractivity contribution < 1.29 is 0 Å². The van der Waals surface area contributed by atoms with E-state index in [0.717, 1.165) is 12.1 Å². The Morgan fingerprint density at radius 3 is 2.50 bits per heavy atom. The van der Waals surface area contributed by atoms with Gasteiger partial charge in [0, 0.05) is 5.69 Å². The molecule has 0 spiro atoms. The van der Waals surface area contributed by atoms with E-state index in [2.05, 4.69) is 38.2 Å². The first kappa shape index (κ1) is 12.6. The van der Waals surface area contributed by atoms with Crippen molar-refractivity contribution in [2.24, 2.45) is 5.92 Å². The van der Waals surface area contributed by atoms with E-state index < -0.39 is 5.54 Å². The molecule has 2 heteroatoms. The molecular weight excluding hydrogens is 196 g/mol. The van der Waals surface area contributed by atoms with Gasteiger partial charge in [-0.15, -0.1) is 0 Å². The van der Waals surface area contributed by atoms with Gasteiger partial charge in [-0.25, -0.2) is 0 Å². The summed E-state index contributed by atoms with van der Waals surface area (Å²) in [4.78, 5) is 0. The average molecular weight is 216 g/mol. The molecule has 0 aliphatic heterocycles. The van der Waals surface area contributed by atoms with E-state index in [-0.39, 0.29) is 0 Å². The fourth-order valence-electron chi connectivity index (χ4n) is 1.95. The number of anilines is 1. The van der Waals surface area contributed by atoms with E-state index in [1.807, 2.05) is 25.1 Å². The maximum Gasteiger partial charge on any atom is 0.122 e. The van der Waals surface area contributed by atoms with Crippen LogP contribution in [0.1, 0.15) is 32.8 Å². The highest BCUT2D eigenvalue weighted by Crippen LogP contribution is 2.23. The van der Waals surface area contributed by atoms with Crippen molar-refractivity contribution in [3.05, 3.63) is 29.8 Å². The van der Waals surface area contributed by atoms with E-state index >= 15 is 0 Å². The third kappa shape index (κ3) is 3.27. The van der Waals surface area contributed by atoms with Crippen LogP contribution in [-0.2, 0) is 0 Å². The number of hydrogen-bond donors (Lipinski definition) is 1. The number of benzene rings is 1. The van der Waals surface area contributed by atoms with Crippen LogP contribution in [0.3, 0.4) is 0 Å². The maximum atomic E-state index is 9.27. The van der Waals surface area contributed by atoms with Crippen molar-refractivity contribution in [3.8, 4) is 6.07 Å². The number of para-hydroxylation sites is 1. The van der Waals surface area contributed by atoms with Gasteiger partial charge in [-0.05, 0) is 37.8 Å². The number of nitrogens with one attached hydrogen (secondary N) is 1. The predicted molar refractivity (Wildman–Crippen MR) is 68.3 cm³/mol. The van der Waals surface area contributed by atoms with Gasteiger partial charge in [0.1, 0.15) is 5.54 Å². The van der Waals surface area contributed by atoms with Crippen LogP contribution in [0.25, 0.3) is 0 Å². The lowest BCUT2D eigenvalue weighted by Gasteiger charge is -2.27. The Balaban J connectivity index is 2.86. The third-order valence-corrected chi connectivity index (χ3v) is 2.62. The predicted octanol–water partition coefficient (Wildman–Crippen LogP) is 3.74. The summed E-state index contributed by atoms with van der Waals surface area (Å²) >= 11 is 0. The second kappa shape index (κ2) is 5.03. The maximum absolute atomic E-state index is 9.27. The van der Waals surface area contributed by atoms with Gasteiger partial charge in [-0.3, -0.25) is 0 Å². The summed E-state index contributed by atoms with van der Waals surface area (Å²) in [6, 6.07) is 10.4. The Labute approximate surface area is 98.3 Å². The minimum Gasteiger partial charge on any atom is -0.367 e. The molecule has 0 radical (unpaired) electrons. The lowest BCUT2D eigenvalue weighted by atomic mass is 9.91. The van der Waals surface area contributed by atoms with Crippen LogP contribution in [0.4, 0.5) is 5.69 Å². The standard InChI is InChI=1S/C14H20N2/c1-11(2)9-14(4,10-15)16-13-8-6-5-7-12(13)3/h5-8,11,16H,9H2,1-4H3. The van der Waals surface area contributed by atoms with Crippen LogP contribution < -0.4 is 5.32 Å². The Hall–Kier alpha value is -1.49. The fourth-order valence-corrected chi connectivity index (χ4v) is 1.95. The Bertz CT molecular complexity index is 390. The molecule has 0 saturated heterocycles. The van der Waals surface area contributed by atoms with Crippen LogP contribution in [0.15, 0.2) is 24.3 Å². The molecule has 0 saturated carbocycles. The van der Waals surface area contributed by atoms with E-state index in [9.17, 15) is 5.26 Å². The van der Waals surface area contributed by atoms with Crippen LogP contribution in [-0.4, -0.2) is 5.54 Å². The second-order valence-electron chi connectivity index (χ2n) is 4.98. The molecule has 1 aromatic rings. The van der Waals surface area contributed by atoms with Crippen LogP contribution in [0.5, 0.6) is 0 Å². The molecule has 1 rings (SSSR count). The summed E-state index contributed by atoms with van der Waals surface area (Å²) in [6.07, 6.45) is 0.845. The number of aryl methyl sites for hydroxylation is 1. The Morgan fingerprint density at radius 1 is 1.38 bits per heavy atom. The Morgan fingerprint density at radius 2 is 2.00 bits per heavy atom. The molecule has 86 valence electrons. The monoisotopic (exact) mass is 216 g/mol. The van der Waals surface area contributed by atoms with E-state index in [0.29, 0.717) is 5.92 Å². The van der Waals surface area contributed by atoms with Crippen molar-refractivity contribution in [1.29, 1.82) is 5.26 Å². The molecule has 1 atom stereocenters. The summed E-state index contributed by atoms with van der Waals surface area (Å²) < 4.78 is 0. The van der Waals surface area contributed by atoms with Gasteiger partial charge in [-0.2, -0.15) is 5.26 Å². The summed E-state index contributed by atoms with van der Waals surface area (Å²) in [5.41, 5.74) is 1.74. The number of rotatable bonds is 4. The first-order valence-corrected chi connectivity index (χ1v) is 5.72. The largest absolute Gasteiger partial charge is 0.367 e. The highest BCUT2D eigenvalue weighted by molar-refractivity contribution is 5.53. The minimum absolute atomic E-state index is 0.486. The van der Waals surface area contributed by atoms with Crippen molar-refractivity contribution in [3.63, 3.8) is 0 Å². The number of nitriles is 1. The van der Waals surface area contributed by atoms with Gasteiger partial charge in [0.15, 0.2) is 0 Å². The molecule has 0 aliphatic carbocycles. The molecule has 0 amide bonds. The first-order valence-electron chi connectivity index (χ1n) is 5.72. The second-order valence-corrected chi connectivity index (χ2v) is 4.98. The van der Waals surface area contributed by atoms with Gasteiger partial charge in [0.2, 0.25) is 0 Å². The molecule has 0 fully saturated rings. The normalized spacial score (nSPS) is 14.2. The van der Waals surface area contributed by atoms with Gasteiger partial charge in [0.05, 0.1) is 6.07 Å². The molecule has 16 heavy (non-hydrogen) atoms. The van der Waals surface area contributed by atoms with Gasteiger partial charge in [0.25, 0.3) is 0 Å². The molecule has 2 nitrogen and oxygen atoms in total. The molecule has 0 aromatic heterocycles. The molecule has 0 heterocycles. The molecule has 1 aromatic carbocycles. The van der Waals surface area contributed by atoms with Crippen molar-refractivity contribution in [1.82, 2.24) is 0 Å². The van der Waals surface area contributed by atoms with Gasteiger partial charge < -0.3 is 5.32 Å². The number of hydrogen-bond acceptors (Lipinski definition) is 2. The Kier molecular flexibility index (Phi) is 3.95. The van der Waals surface area contributed by atoms with Crippen molar-refractivity contribution in [2.75, 3.05) is 5.32 Å². The molecule has 1 N–H and O–H groups in total. The quantitative estimate of drug-likeness (QED) is 0.832. The van der Waals surface area contributed by atoms with Crippen molar-refractivity contribution >= 4 is 5.69 Å². The van der Waals surface area contributed by atoms with Crippen LogP contribution in [0, 0.1) is 24.2 Å². The zero-order chi connectivity index (χ0) is 12.2. The van der Waals surface area contributed by atoms with Gasteiger partial charge in [-0.1, -0.05) is 32.0 Å². The number of nitrogens with zero attached hydrogens (tertiary/aromatic N) is 1. The summed E-state index contributed by atoms with van der Waals surface area (Å²) in [6.45, 7) is 8.28. The van der Waals surface area contributed by atoms with Crippen molar-refractivity contribution in [2.45, 2.75) is 39.7 Å². The van der Waals surface area contributed by atoms with E-state index in [4.69, 9.17) is 0 Å². The van der Waals surface area contributed by atoms with Crippen LogP contribution in [0.2, 0.25) is 0 Å². The highest BCUT2D eigenvalue weighted by atomic mass is 15.0. The molecule has 0 bridgehead atoms. The summed E-state index contributed by atoms with van der Waals surface area (Å²) in [5, 5.41) is 12.6. The molecule has 1 unspecified atom stereocenters. The minimum atomic E-state index is -0.486. The third-order valence-electron chi connectivity index (χ3n) is 2.62. The SMILES string of the molecule is Cc1ccccc1NC(C)(C#N)CC(C)C. The smallest absolute Gasteiger partial charge is 0.122 e. The van der Waals surface area contributed by atoms with E-state index in [1.165, 1.54) is 5.56 Å². The molecular formula is C14H20N2. The zero-order valence-electron chi connectivity index (χ0n) is 10.5. The lowest BCUT2D eigenvalue weighted by molar-refractivity contribution is 0.474. The lowest BCUT2D eigenvalue weighted by Crippen LogP contribution is -2.34. The highest BCUT2D eigenvalue weighted by Gasteiger charge is 2.25. The first-order chi connectivity index (χ1) is 7.47. The summed E-state index contributed by atoms with van der Waals surface area (Å²) in [7, 11) is 0. The average Bonchev–Trinajstić information content (AvgIpc) is 2.20. The van der Waals surface area contributed by atoms with E-state index in [1.54, 1.807) is 0 Å². The van der Waals surface area contributed by atoms with Gasteiger partial charge >= 0.3 is 0 Å². The topological polar surface area (TPSA) is 35.8 Å². The zero-order valence-corrected chi connectivity index (χ0v) is 10.5. The fraction of sp³-hybridized carbons (Fsp3) is 0.500. The van der Waals surface area contributed by atoms with Crippen LogP contribution >= 0.6 is 0 Å². The summed E-state index contributed by atoms with van der Waals surface area (Å²) in [5.74, 6) is 0.501. The molecule has 0 aliphatic rings.